The molecule has 0 aliphatic heterocycles. The van der Waals surface area contributed by atoms with Gasteiger partial charge in [-0.3, -0.25) is 14.7 Å². The summed E-state index contributed by atoms with van der Waals surface area (Å²) in [6.45, 7) is 3.43. The van der Waals surface area contributed by atoms with Gasteiger partial charge in [0, 0.05) is 19.3 Å². The minimum Gasteiger partial charge on any atom is -0.469 e. The highest BCUT2D eigenvalue weighted by Gasteiger charge is 2.18. The van der Waals surface area contributed by atoms with Crippen LogP contribution in [-0.2, 0) is 16.1 Å². The Morgan fingerprint density at radius 1 is 1.53 bits per heavy atom. The third kappa shape index (κ3) is 4.53. The van der Waals surface area contributed by atoms with E-state index in [2.05, 4.69) is 9.88 Å². The summed E-state index contributed by atoms with van der Waals surface area (Å²) in [5, 5.41) is 0. The van der Waals surface area contributed by atoms with Crippen LogP contribution in [0.25, 0.3) is 0 Å². The number of hydrogen-bond acceptors (Lipinski definition) is 4. The molecule has 94 valence electrons. The minimum atomic E-state index is -0.139. The standard InChI is InChI=1S/C13H20N2O2/c1-4-11(13(16)17-3)9-15(2)10-12-7-5-6-8-14-12/h5-8,11H,4,9-10H2,1-3H3. The molecule has 0 bridgehead atoms. The number of pyridine rings is 1. The van der Waals surface area contributed by atoms with Crippen LogP contribution < -0.4 is 0 Å². The smallest absolute Gasteiger partial charge is 0.309 e. The second kappa shape index (κ2) is 7.01. The second-order valence-corrected chi connectivity index (χ2v) is 4.15. The predicted octanol–water partition coefficient (Wildman–Crippen LogP) is 1.71. The van der Waals surface area contributed by atoms with Gasteiger partial charge in [0.25, 0.3) is 0 Å². The fourth-order valence-electron chi connectivity index (χ4n) is 1.75. The van der Waals surface area contributed by atoms with Gasteiger partial charge in [-0.25, -0.2) is 0 Å². The van der Waals surface area contributed by atoms with Gasteiger partial charge in [-0.05, 0) is 25.6 Å². The maximum atomic E-state index is 11.5. The molecule has 1 aromatic heterocycles. The largest absolute Gasteiger partial charge is 0.469 e. The predicted molar refractivity (Wildman–Crippen MR) is 66.4 cm³/mol. The van der Waals surface area contributed by atoms with E-state index in [4.69, 9.17) is 4.74 Å². The van der Waals surface area contributed by atoms with Crippen LogP contribution in [0.15, 0.2) is 24.4 Å². The molecular weight excluding hydrogens is 216 g/mol. The zero-order valence-electron chi connectivity index (χ0n) is 10.7. The molecule has 1 atom stereocenters. The van der Waals surface area contributed by atoms with Crippen LogP contribution in [0.3, 0.4) is 0 Å². The van der Waals surface area contributed by atoms with Gasteiger partial charge in [-0.15, -0.1) is 0 Å². The number of nitrogens with zero attached hydrogens (tertiary/aromatic N) is 2. The Morgan fingerprint density at radius 3 is 2.82 bits per heavy atom. The lowest BCUT2D eigenvalue weighted by molar-refractivity contribution is -0.146. The Morgan fingerprint density at radius 2 is 2.29 bits per heavy atom. The molecule has 0 spiro atoms. The molecular formula is C13H20N2O2. The van der Waals surface area contributed by atoms with Crippen molar-refractivity contribution in [2.45, 2.75) is 19.9 Å². The van der Waals surface area contributed by atoms with E-state index in [-0.39, 0.29) is 11.9 Å². The van der Waals surface area contributed by atoms with Crippen LogP contribution in [-0.4, -0.2) is 36.6 Å². The molecule has 0 radical (unpaired) electrons. The van der Waals surface area contributed by atoms with Gasteiger partial charge in [0.2, 0.25) is 0 Å². The number of methoxy groups -OCH3 is 1. The van der Waals surface area contributed by atoms with Crippen molar-refractivity contribution >= 4 is 5.97 Å². The van der Waals surface area contributed by atoms with Gasteiger partial charge in [0.05, 0.1) is 18.7 Å². The van der Waals surface area contributed by atoms with Gasteiger partial charge >= 0.3 is 5.97 Å². The third-order valence-corrected chi connectivity index (χ3v) is 2.72. The monoisotopic (exact) mass is 236 g/mol. The van der Waals surface area contributed by atoms with E-state index in [0.29, 0.717) is 6.54 Å². The van der Waals surface area contributed by atoms with Crippen molar-refractivity contribution in [3.63, 3.8) is 0 Å². The van der Waals surface area contributed by atoms with E-state index >= 15 is 0 Å². The highest BCUT2D eigenvalue weighted by Crippen LogP contribution is 2.08. The van der Waals surface area contributed by atoms with E-state index < -0.39 is 0 Å². The first-order valence-electron chi connectivity index (χ1n) is 5.83. The van der Waals surface area contributed by atoms with Crippen LogP contribution in [0, 0.1) is 5.92 Å². The molecule has 1 aromatic rings. The Balaban J connectivity index is 2.48. The second-order valence-electron chi connectivity index (χ2n) is 4.15. The topological polar surface area (TPSA) is 42.4 Å². The minimum absolute atomic E-state index is 0.0614. The lowest BCUT2D eigenvalue weighted by atomic mass is 10.1. The quantitative estimate of drug-likeness (QED) is 0.705. The van der Waals surface area contributed by atoms with Gasteiger partial charge in [-0.1, -0.05) is 13.0 Å². The Hall–Kier alpha value is -1.42. The molecule has 0 aliphatic carbocycles. The molecule has 4 nitrogen and oxygen atoms in total. The van der Waals surface area contributed by atoms with Crippen molar-refractivity contribution in [1.29, 1.82) is 0 Å². The van der Waals surface area contributed by atoms with Crippen LogP contribution in [0.5, 0.6) is 0 Å². The van der Waals surface area contributed by atoms with Crippen molar-refractivity contribution < 1.29 is 9.53 Å². The lowest BCUT2D eigenvalue weighted by Crippen LogP contribution is -2.30. The highest BCUT2D eigenvalue weighted by atomic mass is 16.5. The van der Waals surface area contributed by atoms with Crippen molar-refractivity contribution in [3.8, 4) is 0 Å². The lowest BCUT2D eigenvalue weighted by Gasteiger charge is -2.21. The summed E-state index contributed by atoms with van der Waals surface area (Å²) >= 11 is 0. The Kier molecular flexibility index (Phi) is 5.63. The molecule has 1 rings (SSSR count). The van der Waals surface area contributed by atoms with E-state index in [1.807, 2.05) is 32.2 Å². The fraction of sp³-hybridized carbons (Fsp3) is 0.538. The summed E-state index contributed by atoms with van der Waals surface area (Å²) < 4.78 is 4.77. The van der Waals surface area contributed by atoms with Gasteiger partial charge in [0.1, 0.15) is 0 Å². The first kappa shape index (κ1) is 13.6. The van der Waals surface area contributed by atoms with E-state index in [1.54, 1.807) is 6.20 Å². The maximum Gasteiger partial charge on any atom is 0.309 e. The average Bonchev–Trinajstić information content (AvgIpc) is 2.36. The third-order valence-electron chi connectivity index (χ3n) is 2.72. The molecule has 0 amide bonds. The molecule has 0 aromatic carbocycles. The molecule has 1 heterocycles. The fourth-order valence-corrected chi connectivity index (χ4v) is 1.75. The zero-order chi connectivity index (χ0) is 12.7. The van der Waals surface area contributed by atoms with Crippen LogP contribution in [0.1, 0.15) is 19.0 Å². The number of esters is 1. The van der Waals surface area contributed by atoms with Crippen molar-refractivity contribution in [1.82, 2.24) is 9.88 Å². The number of carbonyl (C=O) groups excluding carboxylic acids is 1. The Bertz CT molecular complexity index is 341. The van der Waals surface area contributed by atoms with Crippen LogP contribution in [0.4, 0.5) is 0 Å². The SMILES string of the molecule is CCC(CN(C)Cc1ccccn1)C(=O)OC. The van der Waals surface area contributed by atoms with E-state index in [0.717, 1.165) is 18.7 Å². The summed E-state index contributed by atoms with van der Waals surface area (Å²) in [5.74, 6) is -0.200. The number of carbonyl (C=O) groups is 1. The molecule has 17 heavy (non-hydrogen) atoms. The summed E-state index contributed by atoms with van der Waals surface area (Å²) in [5.41, 5.74) is 1.01. The molecule has 0 saturated carbocycles. The number of aromatic nitrogens is 1. The highest BCUT2D eigenvalue weighted by molar-refractivity contribution is 5.72. The number of hydrogen-bond donors (Lipinski definition) is 0. The number of ether oxygens (including phenoxy) is 1. The summed E-state index contributed by atoms with van der Waals surface area (Å²) in [6, 6.07) is 5.84. The maximum absolute atomic E-state index is 11.5. The molecule has 1 unspecified atom stereocenters. The normalized spacial score (nSPS) is 12.5. The van der Waals surface area contributed by atoms with Crippen molar-refractivity contribution in [2.75, 3.05) is 20.7 Å². The van der Waals surface area contributed by atoms with Crippen molar-refractivity contribution in [2.24, 2.45) is 5.92 Å². The van der Waals surface area contributed by atoms with Gasteiger partial charge in [-0.2, -0.15) is 0 Å². The average molecular weight is 236 g/mol. The van der Waals surface area contributed by atoms with Crippen LogP contribution >= 0.6 is 0 Å². The first-order chi connectivity index (χ1) is 8.17. The van der Waals surface area contributed by atoms with Gasteiger partial charge < -0.3 is 4.74 Å². The Labute approximate surface area is 103 Å². The summed E-state index contributed by atoms with van der Waals surface area (Å²) in [4.78, 5) is 17.8. The molecule has 0 N–H and O–H groups in total. The summed E-state index contributed by atoms with van der Waals surface area (Å²) in [7, 11) is 3.42. The van der Waals surface area contributed by atoms with E-state index in [9.17, 15) is 4.79 Å². The van der Waals surface area contributed by atoms with Gasteiger partial charge in [0.15, 0.2) is 0 Å². The first-order valence-corrected chi connectivity index (χ1v) is 5.83. The molecule has 0 fully saturated rings. The molecule has 4 heteroatoms. The zero-order valence-corrected chi connectivity index (χ0v) is 10.7. The number of rotatable bonds is 6. The molecule has 0 saturated heterocycles. The van der Waals surface area contributed by atoms with Crippen molar-refractivity contribution in [3.05, 3.63) is 30.1 Å². The molecule has 0 aliphatic rings. The van der Waals surface area contributed by atoms with Crippen LogP contribution in [0.2, 0.25) is 0 Å². The van der Waals surface area contributed by atoms with E-state index in [1.165, 1.54) is 7.11 Å². The summed E-state index contributed by atoms with van der Waals surface area (Å²) in [6.07, 6.45) is 2.57.